The molecule has 6 nitrogen and oxygen atoms in total. The van der Waals surface area contributed by atoms with E-state index in [-0.39, 0.29) is 17.9 Å². The molecule has 0 unspecified atom stereocenters. The van der Waals surface area contributed by atoms with Crippen LogP contribution in [0.3, 0.4) is 0 Å². The molecule has 3 rings (SSSR count). The van der Waals surface area contributed by atoms with Crippen LogP contribution in [0.15, 0.2) is 18.2 Å². The van der Waals surface area contributed by atoms with Crippen LogP contribution in [-0.2, 0) is 22.4 Å². The molecule has 1 aromatic rings. The van der Waals surface area contributed by atoms with E-state index in [2.05, 4.69) is 22.8 Å². The molecule has 2 N–H and O–H groups in total. The summed E-state index contributed by atoms with van der Waals surface area (Å²) in [5, 5.41) is 5.52. The molecule has 0 radical (unpaired) electrons. The molecule has 0 bridgehead atoms. The number of benzene rings is 1. The monoisotopic (exact) mass is 343 g/mol. The Morgan fingerprint density at radius 3 is 2.52 bits per heavy atom. The fraction of sp³-hybridized carbons (Fsp3) is 0.526. The highest BCUT2D eigenvalue weighted by molar-refractivity contribution is 6.09. The zero-order valence-corrected chi connectivity index (χ0v) is 15.2. The first kappa shape index (κ1) is 17.5. The fourth-order valence-corrected chi connectivity index (χ4v) is 3.52. The normalized spacial score (nSPS) is 20.9. The SMILES string of the molecule is C[C@@H](NC(=O)[C@H](C)N1C(=O)NC(C)(C)C1=O)c1ccc2c(c1)CCC2. The highest BCUT2D eigenvalue weighted by Crippen LogP contribution is 2.26. The Kier molecular flexibility index (Phi) is 4.31. The number of aryl methyl sites for hydroxylation is 2. The lowest BCUT2D eigenvalue weighted by atomic mass is 10.0. The van der Waals surface area contributed by atoms with Crippen molar-refractivity contribution < 1.29 is 14.4 Å². The first-order valence-corrected chi connectivity index (χ1v) is 8.78. The zero-order valence-electron chi connectivity index (χ0n) is 15.2. The van der Waals surface area contributed by atoms with Gasteiger partial charge in [0, 0.05) is 0 Å². The van der Waals surface area contributed by atoms with Crippen molar-refractivity contribution in [1.29, 1.82) is 0 Å². The lowest BCUT2D eigenvalue weighted by Crippen LogP contribution is -2.49. The van der Waals surface area contributed by atoms with Crippen LogP contribution in [0.4, 0.5) is 4.79 Å². The molecule has 4 amide bonds. The van der Waals surface area contributed by atoms with E-state index in [4.69, 9.17) is 0 Å². The van der Waals surface area contributed by atoms with E-state index in [1.165, 1.54) is 17.5 Å². The number of nitrogens with one attached hydrogen (secondary N) is 2. The van der Waals surface area contributed by atoms with Gasteiger partial charge in [-0.3, -0.25) is 9.59 Å². The number of fused-ring (bicyclic) bond motifs is 1. The van der Waals surface area contributed by atoms with E-state index in [0.717, 1.165) is 23.3 Å². The maximum absolute atomic E-state index is 12.6. The summed E-state index contributed by atoms with van der Waals surface area (Å²) in [6.07, 6.45) is 3.38. The van der Waals surface area contributed by atoms with Crippen molar-refractivity contribution in [2.24, 2.45) is 0 Å². The number of urea groups is 1. The molecule has 1 fully saturated rings. The van der Waals surface area contributed by atoms with Gasteiger partial charge in [-0.15, -0.1) is 0 Å². The molecule has 25 heavy (non-hydrogen) atoms. The Morgan fingerprint density at radius 1 is 1.20 bits per heavy atom. The average molecular weight is 343 g/mol. The number of carbonyl (C=O) groups is 3. The Balaban J connectivity index is 1.69. The van der Waals surface area contributed by atoms with Crippen LogP contribution in [0.2, 0.25) is 0 Å². The van der Waals surface area contributed by atoms with Gasteiger partial charge in [-0.05, 0) is 63.6 Å². The minimum atomic E-state index is -0.975. The van der Waals surface area contributed by atoms with Crippen LogP contribution in [0.5, 0.6) is 0 Å². The number of carbonyl (C=O) groups excluding carboxylic acids is 3. The minimum absolute atomic E-state index is 0.186. The summed E-state index contributed by atoms with van der Waals surface area (Å²) in [5.41, 5.74) is 2.80. The van der Waals surface area contributed by atoms with Crippen molar-refractivity contribution in [2.45, 2.75) is 64.6 Å². The predicted octanol–water partition coefficient (Wildman–Crippen LogP) is 2.07. The topological polar surface area (TPSA) is 78.5 Å². The van der Waals surface area contributed by atoms with Crippen molar-refractivity contribution in [2.75, 3.05) is 0 Å². The quantitative estimate of drug-likeness (QED) is 0.822. The molecule has 1 aromatic carbocycles. The van der Waals surface area contributed by atoms with E-state index in [9.17, 15) is 14.4 Å². The van der Waals surface area contributed by atoms with E-state index in [1.54, 1.807) is 20.8 Å². The van der Waals surface area contributed by atoms with Crippen molar-refractivity contribution in [3.05, 3.63) is 34.9 Å². The summed E-state index contributed by atoms with van der Waals surface area (Å²) in [5.74, 6) is -0.723. The van der Waals surface area contributed by atoms with Crippen molar-refractivity contribution >= 4 is 17.8 Å². The van der Waals surface area contributed by atoms with Gasteiger partial charge in [-0.1, -0.05) is 18.2 Å². The fourth-order valence-electron chi connectivity index (χ4n) is 3.52. The largest absolute Gasteiger partial charge is 0.348 e. The van der Waals surface area contributed by atoms with E-state index >= 15 is 0 Å². The van der Waals surface area contributed by atoms with E-state index < -0.39 is 17.6 Å². The number of nitrogens with zero attached hydrogens (tertiary/aromatic N) is 1. The molecule has 0 saturated carbocycles. The maximum atomic E-state index is 12.6. The van der Waals surface area contributed by atoms with Crippen LogP contribution in [0, 0.1) is 0 Å². The van der Waals surface area contributed by atoms with Crippen LogP contribution in [0.25, 0.3) is 0 Å². The number of amides is 4. The number of hydrogen-bond donors (Lipinski definition) is 2. The molecule has 134 valence electrons. The summed E-state index contributed by atoms with van der Waals surface area (Å²) in [6.45, 7) is 6.75. The van der Waals surface area contributed by atoms with Gasteiger partial charge in [0.15, 0.2) is 0 Å². The van der Waals surface area contributed by atoms with Crippen LogP contribution >= 0.6 is 0 Å². The van der Waals surface area contributed by atoms with Crippen LogP contribution in [0.1, 0.15) is 56.8 Å². The molecule has 1 saturated heterocycles. The molecular formula is C19H25N3O3. The summed E-state index contributed by atoms with van der Waals surface area (Å²) in [4.78, 5) is 37.9. The molecule has 0 aromatic heterocycles. The van der Waals surface area contributed by atoms with E-state index in [1.807, 2.05) is 13.0 Å². The van der Waals surface area contributed by atoms with Gasteiger partial charge in [0.05, 0.1) is 6.04 Å². The number of imide groups is 1. The smallest absolute Gasteiger partial charge is 0.325 e. The van der Waals surface area contributed by atoms with Gasteiger partial charge in [0.1, 0.15) is 11.6 Å². The van der Waals surface area contributed by atoms with Crippen molar-refractivity contribution in [1.82, 2.24) is 15.5 Å². The third kappa shape index (κ3) is 3.13. The Morgan fingerprint density at radius 2 is 1.88 bits per heavy atom. The highest BCUT2D eigenvalue weighted by Gasteiger charge is 2.47. The summed E-state index contributed by atoms with van der Waals surface area (Å²) < 4.78 is 0. The third-order valence-corrected chi connectivity index (χ3v) is 5.14. The van der Waals surface area contributed by atoms with Gasteiger partial charge in [0.2, 0.25) is 5.91 Å². The second-order valence-corrected chi connectivity index (χ2v) is 7.52. The van der Waals surface area contributed by atoms with Crippen LogP contribution in [-0.4, -0.2) is 34.3 Å². The summed E-state index contributed by atoms with van der Waals surface area (Å²) in [6, 6.07) is 4.75. The standard InChI is InChI=1S/C19H25N3O3/c1-11(14-9-8-13-6-5-7-15(13)10-14)20-16(23)12(2)22-17(24)19(3,4)21-18(22)25/h8-12H,5-7H2,1-4H3,(H,20,23)(H,21,25)/t11-,12+/m1/s1. The Labute approximate surface area is 148 Å². The second kappa shape index (κ2) is 6.17. The highest BCUT2D eigenvalue weighted by atomic mass is 16.2. The minimum Gasteiger partial charge on any atom is -0.348 e. The summed E-state index contributed by atoms with van der Waals surface area (Å²) in [7, 11) is 0. The Bertz CT molecular complexity index is 741. The van der Waals surface area contributed by atoms with Crippen LogP contribution < -0.4 is 10.6 Å². The molecule has 1 aliphatic heterocycles. The van der Waals surface area contributed by atoms with Crippen molar-refractivity contribution in [3.63, 3.8) is 0 Å². The lowest BCUT2D eigenvalue weighted by molar-refractivity contribution is -0.137. The molecule has 6 heteroatoms. The molecule has 1 aliphatic carbocycles. The van der Waals surface area contributed by atoms with Gasteiger partial charge in [0.25, 0.3) is 5.91 Å². The molecule has 1 heterocycles. The molecule has 2 aliphatic rings. The zero-order chi connectivity index (χ0) is 18.4. The average Bonchev–Trinajstić information content (AvgIpc) is 3.08. The maximum Gasteiger partial charge on any atom is 0.325 e. The lowest BCUT2D eigenvalue weighted by Gasteiger charge is -2.24. The number of rotatable bonds is 4. The molecular weight excluding hydrogens is 318 g/mol. The molecule has 0 spiro atoms. The van der Waals surface area contributed by atoms with Crippen molar-refractivity contribution in [3.8, 4) is 0 Å². The van der Waals surface area contributed by atoms with Gasteiger partial charge in [-0.25, -0.2) is 9.69 Å². The van der Waals surface area contributed by atoms with E-state index in [0.29, 0.717) is 0 Å². The van der Waals surface area contributed by atoms with Gasteiger partial charge in [-0.2, -0.15) is 0 Å². The number of hydrogen-bond acceptors (Lipinski definition) is 3. The van der Waals surface area contributed by atoms with Gasteiger partial charge < -0.3 is 10.6 Å². The van der Waals surface area contributed by atoms with Gasteiger partial charge >= 0.3 is 6.03 Å². The summed E-state index contributed by atoms with van der Waals surface area (Å²) >= 11 is 0. The first-order valence-electron chi connectivity index (χ1n) is 8.78. The first-order chi connectivity index (χ1) is 11.7. The second-order valence-electron chi connectivity index (χ2n) is 7.52. The third-order valence-electron chi connectivity index (χ3n) is 5.14. The Hall–Kier alpha value is -2.37. The molecule has 2 atom stereocenters. The predicted molar refractivity (Wildman–Crippen MR) is 93.9 cm³/mol.